The highest BCUT2D eigenvalue weighted by Crippen LogP contribution is 2.24. The zero-order valence-electron chi connectivity index (χ0n) is 10.2. The van der Waals surface area contributed by atoms with Crippen LogP contribution in [0.4, 0.5) is 0 Å². The van der Waals surface area contributed by atoms with Crippen molar-refractivity contribution in [3.05, 3.63) is 47.2 Å². The van der Waals surface area contributed by atoms with Gasteiger partial charge in [0.1, 0.15) is 12.9 Å². The monoisotopic (exact) mass is 258 g/mol. The lowest BCUT2D eigenvalue weighted by atomic mass is 10.2. The number of nitrogens with zero attached hydrogens (tertiary/aromatic N) is 2. The van der Waals surface area contributed by atoms with Gasteiger partial charge in [0.2, 0.25) is 0 Å². The molecule has 0 saturated heterocycles. The Morgan fingerprint density at radius 1 is 1.33 bits per heavy atom. The van der Waals surface area contributed by atoms with Crippen LogP contribution in [0.5, 0.6) is 0 Å². The van der Waals surface area contributed by atoms with E-state index >= 15 is 0 Å². The van der Waals surface area contributed by atoms with Crippen LogP contribution in [0.1, 0.15) is 5.56 Å². The van der Waals surface area contributed by atoms with Crippen molar-refractivity contribution < 1.29 is 4.57 Å². The Balaban J connectivity index is 2.19. The number of aromatic nitrogens is 3. The predicted molar refractivity (Wildman–Crippen MR) is 72.5 cm³/mol. The summed E-state index contributed by atoms with van der Waals surface area (Å²) in [6.45, 7) is 1.99. The maximum absolute atomic E-state index is 6.11. The summed E-state index contributed by atoms with van der Waals surface area (Å²) >= 11 is 6.11. The molecular formula is C14H13ClN3+. The molecule has 0 amide bonds. The molecule has 1 aromatic carbocycles. The number of imidazole rings is 1. The Hall–Kier alpha value is -1.87. The summed E-state index contributed by atoms with van der Waals surface area (Å²) in [7, 11) is 1.99. The molecule has 1 N–H and O–H groups in total. The smallest absolute Gasteiger partial charge is 0.179 e. The zero-order valence-corrected chi connectivity index (χ0v) is 11.0. The molecule has 0 atom stereocenters. The minimum Gasteiger partial charge on any atom is -0.338 e. The zero-order chi connectivity index (χ0) is 12.7. The number of H-pyrrole nitrogens is 1. The van der Waals surface area contributed by atoms with Gasteiger partial charge in [0.05, 0.1) is 16.6 Å². The van der Waals surface area contributed by atoms with Crippen LogP contribution in [0.25, 0.3) is 22.4 Å². The number of pyridine rings is 1. The first kappa shape index (κ1) is 11.2. The van der Waals surface area contributed by atoms with Crippen LogP contribution in [0, 0.1) is 6.92 Å². The Kier molecular flexibility index (Phi) is 2.56. The fraction of sp³-hybridized carbons (Fsp3) is 0.143. The van der Waals surface area contributed by atoms with Crippen LogP contribution in [0.15, 0.2) is 36.7 Å². The predicted octanol–water partition coefficient (Wildman–Crippen LogP) is 3.02. The number of benzene rings is 1. The van der Waals surface area contributed by atoms with Crippen LogP contribution in [-0.2, 0) is 7.05 Å². The number of hydrogen-bond acceptors (Lipinski definition) is 1. The quantitative estimate of drug-likeness (QED) is 0.669. The van der Waals surface area contributed by atoms with Gasteiger partial charge < -0.3 is 4.98 Å². The third kappa shape index (κ3) is 1.87. The second-order valence-electron chi connectivity index (χ2n) is 4.46. The number of fused-ring (bicyclic) bond motifs is 1. The number of halogens is 1. The third-order valence-corrected chi connectivity index (χ3v) is 3.38. The molecule has 0 aliphatic heterocycles. The van der Waals surface area contributed by atoms with Crippen LogP contribution in [0.3, 0.4) is 0 Å². The Morgan fingerprint density at radius 3 is 2.94 bits per heavy atom. The second kappa shape index (κ2) is 4.10. The van der Waals surface area contributed by atoms with E-state index in [1.807, 2.05) is 55.2 Å². The van der Waals surface area contributed by atoms with E-state index in [1.54, 1.807) is 0 Å². The minimum absolute atomic E-state index is 0.749. The van der Waals surface area contributed by atoms with Crippen molar-refractivity contribution >= 4 is 22.6 Å². The van der Waals surface area contributed by atoms with Crippen molar-refractivity contribution in [1.82, 2.24) is 9.97 Å². The molecule has 4 heteroatoms. The van der Waals surface area contributed by atoms with Crippen LogP contribution in [-0.4, -0.2) is 9.97 Å². The van der Waals surface area contributed by atoms with Crippen molar-refractivity contribution in [2.45, 2.75) is 6.92 Å². The van der Waals surface area contributed by atoms with E-state index in [1.165, 1.54) is 0 Å². The van der Waals surface area contributed by atoms with Gasteiger partial charge in [-0.3, -0.25) is 0 Å². The van der Waals surface area contributed by atoms with Gasteiger partial charge in [-0.25, -0.2) is 9.55 Å². The largest absolute Gasteiger partial charge is 0.338 e. The van der Waals surface area contributed by atoms with E-state index in [4.69, 9.17) is 11.6 Å². The van der Waals surface area contributed by atoms with E-state index in [-0.39, 0.29) is 0 Å². The molecule has 0 unspecified atom stereocenters. The minimum atomic E-state index is 0.749. The molecular weight excluding hydrogens is 246 g/mol. The third-order valence-electron chi connectivity index (χ3n) is 2.98. The first-order valence-corrected chi connectivity index (χ1v) is 6.13. The average molecular weight is 259 g/mol. The fourth-order valence-corrected chi connectivity index (χ4v) is 2.16. The summed E-state index contributed by atoms with van der Waals surface area (Å²) in [4.78, 5) is 7.90. The van der Waals surface area contributed by atoms with Gasteiger partial charge in [0.15, 0.2) is 12.4 Å². The van der Waals surface area contributed by atoms with E-state index in [0.29, 0.717) is 0 Å². The average Bonchev–Trinajstić information content (AvgIpc) is 2.73. The van der Waals surface area contributed by atoms with E-state index < -0.39 is 0 Å². The molecule has 3 aromatic rings. The molecule has 0 spiro atoms. The number of hydrogen-bond donors (Lipinski definition) is 1. The van der Waals surface area contributed by atoms with Gasteiger partial charge in [0.25, 0.3) is 0 Å². The summed E-state index contributed by atoms with van der Waals surface area (Å²) in [6, 6.07) is 7.96. The van der Waals surface area contributed by atoms with Crippen LogP contribution < -0.4 is 4.57 Å². The molecule has 0 saturated carbocycles. The standard InChI is InChI=1S/C14H13ClN3/c1-9-6-12-13(7-11(9)15)17-14(16-12)10-4-3-5-18(2)8-10/h3-8H,1-2H3,(H,16,17)/q+1. The van der Waals surface area contributed by atoms with Crippen molar-refractivity contribution in [1.29, 1.82) is 0 Å². The summed E-state index contributed by atoms with van der Waals surface area (Å²) < 4.78 is 2.00. The van der Waals surface area contributed by atoms with Crippen molar-refractivity contribution in [2.75, 3.05) is 0 Å². The fourth-order valence-electron chi connectivity index (χ4n) is 2.00. The molecule has 0 radical (unpaired) electrons. The molecule has 2 aromatic heterocycles. The van der Waals surface area contributed by atoms with Crippen molar-refractivity contribution in [2.24, 2.45) is 7.05 Å². The van der Waals surface area contributed by atoms with Crippen LogP contribution in [0.2, 0.25) is 5.02 Å². The maximum atomic E-state index is 6.11. The van der Waals surface area contributed by atoms with Crippen molar-refractivity contribution in [3.8, 4) is 11.4 Å². The number of rotatable bonds is 1. The molecule has 0 bridgehead atoms. The van der Waals surface area contributed by atoms with Crippen molar-refractivity contribution in [3.63, 3.8) is 0 Å². The summed E-state index contributed by atoms with van der Waals surface area (Å²) in [5.74, 6) is 0.864. The van der Waals surface area contributed by atoms with Gasteiger partial charge in [-0.2, -0.15) is 0 Å². The first-order valence-electron chi connectivity index (χ1n) is 5.75. The highest BCUT2D eigenvalue weighted by atomic mass is 35.5. The van der Waals surface area contributed by atoms with Gasteiger partial charge in [-0.1, -0.05) is 11.6 Å². The summed E-state index contributed by atoms with van der Waals surface area (Å²) in [5.41, 5.74) is 4.02. The normalized spacial score (nSPS) is 11.1. The molecule has 2 heterocycles. The highest BCUT2D eigenvalue weighted by molar-refractivity contribution is 6.32. The molecule has 0 aliphatic rings. The van der Waals surface area contributed by atoms with Gasteiger partial charge in [-0.05, 0) is 30.7 Å². The van der Waals surface area contributed by atoms with Gasteiger partial charge in [0, 0.05) is 11.1 Å². The summed E-state index contributed by atoms with van der Waals surface area (Å²) in [5, 5.41) is 0.749. The van der Waals surface area contributed by atoms with E-state index in [9.17, 15) is 0 Å². The molecule has 90 valence electrons. The SMILES string of the molecule is Cc1cc2[nH]c(-c3ccc[n+](C)c3)nc2cc1Cl. The maximum Gasteiger partial charge on any atom is 0.179 e. The molecule has 0 fully saturated rings. The van der Waals surface area contributed by atoms with E-state index in [2.05, 4.69) is 9.97 Å². The topological polar surface area (TPSA) is 32.6 Å². The summed E-state index contributed by atoms with van der Waals surface area (Å²) in [6.07, 6.45) is 4.03. The lowest BCUT2D eigenvalue weighted by molar-refractivity contribution is -0.671. The molecule has 18 heavy (non-hydrogen) atoms. The first-order chi connectivity index (χ1) is 8.63. The molecule has 3 nitrogen and oxygen atoms in total. The number of aromatic amines is 1. The Bertz CT molecular complexity index is 692. The number of nitrogens with one attached hydrogen (secondary N) is 1. The van der Waals surface area contributed by atoms with Gasteiger partial charge in [-0.15, -0.1) is 0 Å². The lowest BCUT2D eigenvalue weighted by Crippen LogP contribution is -2.26. The Labute approximate surface area is 110 Å². The lowest BCUT2D eigenvalue weighted by Gasteiger charge is -1.95. The van der Waals surface area contributed by atoms with Crippen LogP contribution >= 0.6 is 11.6 Å². The second-order valence-corrected chi connectivity index (χ2v) is 4.87. The highest BCUT2D eigenvalue weighted by Gasteiger charge is 2.09. The molecule has 3 rings (SSSR count). The van der Waals surface area contributed by atoms with Gasteiger partial charge >= 0.3 is 0 Å². The Morgan fingerprint density at radius 2 is 2.17 bits per heavy atom. The number of aryl methyl sites for hydroxylation is 2. The molecule has 0 aliphatic carbocycles. The van der Waals surface area contributed by atoms with E-state index in [0.717, 1.165) is 33.0 Å².